The van der Waals surface area contributed by atoms with Gasteiger partial charge in [0.25, 0.3) is 0 Å². The van der Waals surface area contributed by atoms with E-state index in [4.69, 9.17) is 20.9 Å². The van der Waals surface area contributed by atoms with Crippen LogP contribution < -0.4 is 9.64 Å². The highest BCUT2D eigenvalue weighted by atomic mass is 19.1. The number of hydrogen-bond acceptors (Lipinski definition) is 8. The summed E-state index contributed by atoms with van der Waals surface area (Å²) in [6.07, 6.45) is 13.8. The second kappa shape index (κ2) is 10.2. The highest BCUT2D eigenvalue weighted by molar-refractivity contribution is 6.03. The van der Waals surface area contributed by atoms with Crippen molar-refractivity contribution < 1.29 is 23.4 Å². The Bertz CT molecular complexity index is 1860. The molecule has 4 fully saturated rings. The maximum absolute atomic E-state index is 16.8. The number of halogens is 2. The van der Waals surface area contributed by atoms with E-state index in [1.165, 1.54) is 24.3 Å². The molecule has 5 heterocycles. The summed E-state index contributed by atoms with van der Waals surface area (Å²) in [5, 5.41) is 11.7. The zero-order chi connectivity index (χ0) is 30.2. The summed E-state index contributed by atoms with van der Waals surface area (Å²) < 4.78 is 43.8. The zero-order valence-corrected chi connectivity index (χ0v) is 24.5. The standard InChI is InChI=1S/C34H33F2N5O3/c1-3-23-26(35)8-7-19-12-21(42)14-24(28(19)23)30-29(36)31-25(15-37-30)32(41-16-22-13-20(41)17-43-22)39-33(38-31)44-18-34-9-4-6-27(34)40(2)11-5-10-34/h1,7-8,12,14-15,20,22,27,42H,4-6,9-11,13,16-18H2,2H3. The molecule has 44 heavy (non-hydrogen) atoms. The molecule has 4 atom stereocenters. The first-order valence-electron chi connectivity index (χ1n) is 15.3. The van der Waals surface area contributed by atoms with Crippen LogP contribution in [0.4, 0.5) is 14.6 Å². The summed E-state index contributed by atoms with van der Waals surface area (Å²) in [5.74, 6) is 1.51. The molecule has 2 bridgehead atoms. The summed E-state index contributed by atoms with van der Waals surface area (Å²) in [6.45, 7) is 2.76. The van der Waals surface area contributed by atoms with Gasteiger partial charge in [-0.3, -0.25) is 4.98 Å². The number of rotatable bonds is 5. The minimum absolute atomic E-state index is 0.0180. The van der Waals surface area contributed by atoms with Crippen molar-refractivity contribution in [3.8, 4) is 35.4 Å². The smallest absolute Gasteiger partial charge is 0.319 e. The van der Waals surface area contributed by atoms with Gasteiger partial charge in [-0.25, -0.2) is 8.78 Å². The molecule has 8 rings (SSSR count). The molecule has 1 aliphatic carbocycles. The van der Waals surface area contributed by atoms with Gasteiger partial charge in [0, 0.05) is 35.1 Å². The van der Waals surface area contributed by atoms with Gasteiger partial charge in [0.2, 0.25) is 0 Å². The summed E-state index contributed by atoms with van der Waals surface area (Å²) in [5.41, 5.74) is 0.133. The number of anilines is 1. The van der Waals surface area contributed by atoms with Crippen LogP contribution in [0.2, 0.25) is 0 Å². The van der Waals surface area contributed by atoms with E-state index in [0.29, 0.717) is 47.8 Å². The third kappa shape index (κ3) is 4.20. The lowest BCUT2D eigenvalue weighted by Crippen LogP contribution is -2.50. The Morgan fingerprint density at radius 1 is 1.20 bits per heavy atom. The Labute approximate surface area is 254 Å². The molecule has 226 valence electrons. The van der Waals surface area contributed by atoms with E-state index in [1.807, 2.05) is 0 Å². The Hall–Kier alpha value is -4.07. The number of benzene rings is 2. The van der Waals surface area contributed by atoms with Crippen LogP contribution >= 0.6 is 0 Å². The minimum Gasteiger partial charge on any atom is -0.508 e. The van der Waals surface area contributed by atoms with Crippen LogP contribution in [-0.4, -0.2) is 76.5 Å². The molecular weight excluding hydrogens is 564 g/mol. The SMILES string of the molecule is C#Cc1c(F)ccc2cc(O)cc(-c3ncc4c(N5CC6CC5CO6)nc(OCC56CCCC5N(C)CCC6)nc4c3F)c12. The Morgan fingerprint density at radius 2 is 2.07 bits per heavy atom. The Kier molecular flexibility index (Phi) is 6.40. The first-order valence-corrected chi connectivity index (χ1v) is 15.3. The molecule has 0 amide bonds. The van der Waals surface area contributed by atoms with E-state index in [1.54, 1.807) is 6.20 Å². The number of phenols is 1. The van der Waals surface area contributed by atoms with E-state index in [-0.39, 0.29) is 51.7 Å². The fourth-order valence-electron chi connectivity index (χ4n) is 8.29. The minimum atomic E-state index is -0.718. The van der Waals surface area contributed by atoms with Gasteiger partial charge in [-0.15, -0.1) is 6.42 Å². The Balaban J connectivity index is 1.27. The molecule has 4 unspecified atom stereocenters. The van der Waals surface area contributed by atoms with Crippen molar-refractivity contribution in [1.29, 1.82) is 0 Å². The maximum atomic E-state index is 16.8. The molecule has 4 aromatic rings. The van der Waals surface area contributed by atoms with Crippen molar-refractivity contribution in [2.24, 2.45) is 5.41 Å². The van der Waals surface area contributed by atoms with Crippen molar-refractivity contribution in [2.75, 3.05) is 38.3 Å². The van der Waals surface area contributed by atoms with E-state index >= 15 is 4.39 Å². The van der Waals surface area contributed by atoms with Gasteiger partial charge in [0.15, 0.2) is 5.82 Å². The van der Waals surface area contributed by atoms with Gasteiger partial charge < -0.3 is 24.4 Å². The van der Waals surface area contributed by atoms with E-state index in [2.05, 4.69) is 32.7 Å². The summed E-state index contributed by atoms with van der Waals surface area (Å²) in [7, 11) is 2.19. The number of ether oxygens (including phenoxy) is 2. The van der Waals surface area contributed by atoms with Crippen molar-refractivity contribution in [3.63, 3.8) is 0 Å². The van der Waals surface area contributed by atoms with Crippen LogP contribution in [0.1, 0.15) is 44.1 Å². The lowest BCUT2D eigenvalue weighted by molar-refractivity contribution is 0.0133. The summed E-state index contributed by atoms with van der Waals surface area (Å²) in [6, 6.07) is 6.25. The topological polar surface area (TPSA) is 83.8 Å². The summed E-state index contributed by atoms with van der Waals surface area (Å²) >= 11 is 0. The average molecular weight is 598 g/mol. The number of pyridine rings is 1. The zero-order valence-electron chi connectivity index (χ0n) is 24.5. The van der Waals surface area contributed by atoms with Crippen molar-refractivity contribution >= 4 is 27.5 Å². The van der Waals surface area contributed by atoms with E-state index in [0.717, 1.165) is 45.1 Å². The average Bonchev–Trinajstić information content (AvgIpc) is 3.77. The molecule has 4 aliphatic rings. The van der Waals surface area contributed by atoms with Crippen LogP contribution in [0.25, 0.3) is 32.9 Å². The normalized spacial score (nSPS) is 26.4. The molecule has 3 aliphatic heterocycles. The molecule has 0 spiro atoms. The largest absolute Gasteiger partial charge is 0.508 e. The van der Waals surface area contributed by atoms with Gasteiger partial charge in [-0.2, -0.15) is 9.97 Å². The fourth-order valence-corrected chi connectivity index (χ4v) is 8.29. The molecule has 1 saturated carbocycles. The molecule has 2 aromatic heterocycles. The molecule has 0 radical (unpaired) electrons. The molecular formula is C34H33F2N5O3. The Morgan fingerprint density at radius 3 is 2.86 bits per heavy atom. The highest BCUT2D eigenvalue weighted by Gasteiger charge is 2.47. The molecule has 1 N–H and O–H groups in total. The number of aromatic hydroxyl groups is 1. The number of phenolic OH excluding ortho intramolecular Hbond substituents is 1. The van der Waals surface area contributed by atoms with Crippen LogP contribution in [0.15, 0.2) is 30.5 Å². The first-order chi connectivity index (χ1) is 21.3. The van der Waals surface area contributed by atoms with Gasteiger partial charge in [0.1, 0.15) is 28.6 Å². The molecule has 2 aromatic carbocycles. The predicted molar refractivity (Wildman–Crippen MR) is 163 cm³/mol. The first kappa shape index (κ1) is 27.5. The number of nitrogens with zero attached hydrogens (tertiary/aromatic N) is 5. The van der Waals surface area contributed by atoms with Crippen molar-refractivity contribution in [2.45, 2.75) is 56.7 Å². The molecule has 3 saturated heterocycles. The lowest BCUT2D eigenvalue weighted by Gasteiger charge is -2.44. The number of terminal acetylenes is 1. The number of fused-ring (bicyclic) bond motifs is 5. The second-order valence-corrected chi connectivity index (χ2v) is 12.8. The van der Waals surface area contributed by atoms with Crippen molar-refractivity contribution in [1.82, 2.24) is 19.9 Å². The quantitative estimate of drug-likeness (QED) is 0.305. The monoisotopic (exact) mass is 597 g/mol. The van der Waals surface area contributed by atoms with E-state index in [9.17, 15) is 9.50 Å². The van der Waals surface area contributed by atoms with Gasteiger partial charge in [-0.05, 0) is 69.3 Å². The van der Waals surface area contributed by atoms with Crippen LogP contribution in [0.3, 0.4) is 0 Å². The second-order valence-electron chi connectivity index (χ2n) is 12.8. The van der Waals surface area contributed by atoms with Crippen LogP contribution in [-0.2, 0) is 4.74 Å². The third-order valence-electron chi connectivity index (χ3n) is 10.3. The number of aromatic nitrogens is 3. The van der Waals surface area contributed by atoms with Crippen LogP contribution in [0.5, 0.6) is 11.8 Å². The lowest BCUT2D eigenvalue weighted by atomic mass is 9.76. The maximum Gasteiger partial charge on any atom is 0.319 e. The van der Waals surface area contributed by atoms with Gasteiger partial charge in [0.05, 0.1) is 36.3 Å². The number of piperidine rings is 1. The molecule has 8 nitrogen and oxygen atoms in total. The predicted octanol–water partition coefficient (Wildman–Crippen LogP) is 5.43. The van der Waals surface area contributed by atoms with Gasteiger partial charge >= 0.3 is 6.01 Å². The number of likely N-dealkylation sites (tertiary alicyclic amines) is 1. The number of hydrogen-bond donors (Lipinski definition) is 1. The van der Waals surface area contributed by atoms with Gasteiger partial charge in [-0.1, -0.05) is 18.4 Å². The third-order valence-corrected chi connectivity index (χ3v) is 10.3. The van der Waals surface area contributed by atoms with Crippen molar-refractivity contribution in [3.05, 3.63) is 47.7 Å². The highest BCUT2D eigenvalue weighted by Crippen LogP contribution is 2.48. The number of morpholine rings is 1. The van der Waals surface area contributed by atoms with Crippen LogP contribution in [0, 0.1) is 29.4 Å². The van der Waals surface area contributed by atoms with E-state index < -0.39 is 11.6 Å². The fraction of sp³-hybridized carbons (Fsp3) is 0.441. The summed E-state index contributed by atoms with van der Waals surface area (Å²) in [4.78, 5) is 18.6. The molecule has 10 heteroatoms.